The number of nitrogens with zero attached hydrogens (tertiary/aromatic N) is 1. The number of nitrogens with one attached hydrogen (secondary N) is 1. The van der Waals surface area contributed by atoms with Crippen LogP contribution < -0.4 is 5.32 Å². The third-order valence-corrected chi connectivity index (χ3v) is 3.31. The second-order valence-corrected chi connectivity index (χ2v) is 4.70. The largest absolute Gasteiger partial charge is 0.314 e. The molecular weight excluding hydrogens is 250 g/mol. The summed E-state index contributed by atoms with van der Waals surface area (Å²) in [6.45, 7) is 4.47. The van der Waals surface area contributed by atoms with Crippen LogP contribution in [-0.2, 0) is 6.54 Å². The zero-order valence-electron chi connectivity index (χ0n) is 8.77. The van der Waals surface area contributed by atoms with Gasteiger partial charge in [-0.3, -0.25) is 4.90 Å². The average Bonchev–Trinajstić information content (AvgIpc) is 2.27. The molecule has 1 aliphatic rings. The molecule has 1 aliphatic heterocycles. The molecule has 0 bridgehead atoms. The Balaban J connectivity index is 2.13. The molecule has 0 aromatic heterocycles. The highest BCUT2D eigenvalue weighted by atomic mass is 35.5. The maximum Gasteiger partial charge on any atom is 0.143 e. The molecule has 5 heteroatoms. The van der Waals surface area contributed by atoms with Gasteiger partial charge in [0.2, 0.25) is 0 Å². The number of rotatable bonds is 2. The summed E-state index contributed by atoms with van der Waals surface area (Å²) in [6, 6.07) is 2.97. The summed E-state index contributed by atoms with van der Waals surface area (Å²) in [4.78, 5) is 2.23. The molecule has 0 amide bonds. The van der Waals surface area contributed by atoms with Crippen molar-refractivity contribution in [3.05, 3.63) is 33.6 Å². The summed E-state index contributed by atoms with van der Waals surface area (Å²) in [5, 5.41) is 3.84. The number of piperazine rings is 1. The predicted octanol–water partition coefficient (Wildman–Crippen LogP) is 2.54. The van der Waals surface area contributed by atoms with Crippen molar-refractivity contribution in [2.75, 3.05) is 26.2 Å². The highest BCUT2D eigenvalue weighted by molar-refractivity contribution is 6.33. The Morgan fingerprint density at radius 3 is 2.62 bits per heavy atom. The van der Waals surface area contributed by atoms with Crippen molar-refractivity contribution in [2.45, 2.75) is 6.54 Å². The van der Waals surface area contributed by atoms with E-state index in [9.17, 15) is 4.39 Å². The summed E-state index contributed by atoms with van der Waals surface area (Å²) >= 11 is 11.7. The van der Waals surface area contributed by atoms with Crippen LogP contribution in [0.5, 0.6) is 0 Å². The Labute approximate surface area is 104 Å². The minimum absolute atomic E-state index is 0.183. The molecule has 2 nitrogen and oxygen atoms in total. The van der Waals surface area contributed by atoms with Gasteiger partial charge in [-0.05, 0) is 17.7 Å². The smallest absolute Gasteiger partial charge is 0.143 e. The summed E-state index contributed by atoms with van der Waals surface area (Å²) < 4.78 is 13.3. The van der Waals surface area contributed by atoms with Crippen LogP contribution in [0.25, 0.3) is 0 Å². The van der Waals surface area contributed by atoms with Crippen LogP contribution in [0.4, 0.5) is 4.39 Å². The number of hydrogen-bond acceptors (Lipinski definition) is 2. The molecule has 1 fully saturated rings. The van der Waals surface area contributed by atoms with Gasteiger partial charge in [0.15, 0.2) is 0 Å². The normalized spacial score (nSPS) is 17.7. The fraction of sp³-hybridized carbons (Fsp3) is 0.455. The molecule has 0 atom stereocenters. The second kappa shape index (κ2) is 5.32. The van der Waals surface area contributed by atoms with Crippen LogP contribution in [0.1, 0.15) is 5.56 Å². The lowest BCUT2D eigenvalue weighted by atomic mass is 10.2. The molecule has 1 saturated heterocycles. The molecular formula is C11H13Cl2FN2. The van der Waals surface area contributed by atoms with Crippen molar-refractivity contribution in [1.29, 1.82) is 0 Å². The van der Waals surface area contributed by atoms with E-state index in [1.165, 1.54) is 6.07 Å². The first-order valence-electron chi connectivity index (χ1n) is 5.23. The van der Waals surface area contributed by atoms with E-state index in [1.807, 2.05) is 0 Å². The number of benzene rings is 1. The predicted molar refractivity (Wildman–Crippen MR) is 64.6 cm³/mol. The Morgan fingerprint density at radius 1 is 1.25 bits per heavy atom. The van der Waals surface area contributed by atoms with Gasteiger partial charge in [-0.15, -0.1) is 0 Å². The standard InChI is InChI=1S/C11H13Cl2FN2/c12-9-5-8(11(13)10(14)6-9)7-16-3-1-15-2-4-16/h5-6,15H,1-4,7H2. The van der Waals surface area contributed by atoms with E-state index >= 15 is 0 Å². The molecule has 0 spiro atoms. The zero-order chi connectivity index (χ0) is 11.5. The van der Waals surface area contributed by atoms with Crippen LogP contribution >= 0.6 is 23.2 Å². The van der Waals surface area contributed by atoms with Crippen molar-refractivity contribution < 1.29 is 4.39 Å². The van der Waals surface area contributed by atoms with E-state index in [-0.39, 0.29) is 5.02 Å². The molecule has 2 rings (SSSR count). The first-order valence-corrected chi connectivity index (χ1v) is 5.99. The quantitative estimate of drug-likeness (QED) is 0.825. The van der Waals surface area contributed by atoms with Gasteiger partial charge < -0.3 is 5.32 Å². The highest BCUT2D eigenvalue weighted by Gasteiger charge is 2.14. The molecule has 0 radical (unpaired) electrons. The van der Waals surface area contributed by atoms with Crippen molar-refractivity contribution in [2.24, 2.45) is 0 Å². The van der Waals surface area contributed by atoms with E-state index in [2.05, 4.69) is 10.2 Å². The van der Waals surface area contributed by atoms with Gasteiger partial charge in [0.1, 0.15) is 5.82 Å². The molecule has 16 heavy (non-hydrogen) atoms. The van der Waals surface area contributed by atoms with E-state index in [4.69, 9.17) is 23.2 Å². The second-order valence-electron chi connectivity index (χ2n) is 3.89. The zero-order valence-corrected chi connectivity index (χ0v) is 10.3. The van der Waals surface area contributed by atoms with Crippen LogP contribution in [0.15, 0.2) is 12.1 Å². The Hall–Kier alpha value is -0.350. The van der Waals surface area contributed by atoms with Gasteiger partial charge in [-0.1, -0.05) is 23.2 Å². The minimum atomic E-state index is -0.445. The van der Waals surface area contributed by atoms with Crippen LogP contribution in [0.2, 0.25) is 10.0 Å². The molecule has 88 valence electrons. The van der Waals surface area contributed by atoms with Crippen LogP contribution in [0, 0.1) is 5.82 Å². The van der Waals surface area contributed by atoms with Crippen LogP contribution in [-0.4, -0.2) is 31.1 Å². The summed E-state index contributed by atoms with van der Waals surface area (Å²) in [5.41, 5.74) is 0.758. The van der Waals surface area contributed by atoms with Crippen molar-refractivity contribution in [1.82, 2.24) is 10.2 Å². The highest BCUT2D eigenvalue weighted by Crippen LogP contribution is 2.25. The van der Waals surface area contributed by atoms with Gasteiger partial charge in [0, 0.05) is 37.7 Å². The summed E-state index contributed by atoms with van der Waals surface area (Å²) in [6.07, 6.45) is 0. The first kappa shape index (κ1) is 12.1. The molecule has 1 aromatic rings. The monoisotopic (exact) mass is 262 g/mol. The maximum atomic E-state index is 13.3. The molecule has 1 N–H and O–H groups in total. The van der Waals surface area contributed by atoms with Gasteiger partial charge >= 0.3 is 0 Å². The Bertz CT molecular complexity index is 378. The minimum Gasteiger partial charge on any atom is -0.314 e. The summed E-state index contributed by atoms with van der Waals surface area (Å²) in [7, 11) is 0. The summed E-state index contributed by atoms with van der Waals surface area (Å²) in [5.74, 6) is -0.445. The van der Waals surface area contributed by atoms with Gasteiger partial charge in [0.05, 0.1) is 5.02 Å². The first-order chi connectivity index (χ1) is 7.66. The molecule has 1 heterocycles. The Kier molecular flexibility index (Phi) is 4.03. The SMILES string of the molecule is Fc1cc(Cl)cc(CN2CCNCC2)c1Cl. The lowest BCUT2D eigenvalue weighted by Gasteiger charge is -2.27. The van der Waals surface area contributed by atoms with Crippen molar-refractivity contribution >= 4 is 23.2 Å². The number of halogens is 3. The van der Waals surface area contributed by atoms with E-state index < -0.39 is 5.82 Å². The lowest BCUT2D eigenvalue weighted by Crippen LogP contribution is -2.42. The fourth-order valence-corrected chi connectivity index (χ4v) is 2.23. The van der Waals surface area contributed by atoms with Gasteiger partial charge in [-0.2, -0.15) is 0 Å². The third-order valence-electron chi connectivity index (χ3n) is 2.67. The fourth-order valence-electron chi connectivity index (χ4n) is 1.83. The lowest BCUT2D eigenvalue weighted by molar-refractivity contribution is 0.233. The third kappa shape index (κ3) is 2.86. The van der Waals surface area contributed by atoms with Gasteiger partial charge in [0.25, 0.3) is 0 Å². The average molecular weight is 263 g/mol. The van der Waals surface area contributed by atoms with Gasteiger partial charge in [-0.25, -0.2) is 4.39 Å². The van der Waals surface area contributed by atoms with Crippen LogP contribution in [0.3, 0.4) is 0 Å². The topological polar surface area (TPSA) is 15.3 Å². The van der Waals surface area contributed by atoms with E-state index in [0.29, 0.717) is 11.6 Å². The van der Waals surface area contributed by atoms with E-state index in [1.54, 1.807) is 6.07 Å². The van der Waals surface area contributed by atoms with Crippen molar-refractivity contribution in [3.8, 4) is 0 Å². The Morgan fingerprint density at radius 2 is 1.94 bits per heavy atom. The molecule has 0 unspecified atom stereocenters. The van der Waals surface area contributed by atoms with Crippen molar-refractivity contribution in [3.63, 3.8) is 0 Å². The van der Waals surface area contributed by atoms with E-state index in [0.717, 1.165) is 31.7 Å². The molecule has 0 aliphatic carbocycles. The molecule has 0 saturated carbocycles. The number of hydrogen-bond donors (Lipinski definition) is 1. The maximum absolute atomic E-state index is 13.3. The molecule has 1 aromatic carbocycles.